The summed E-state index contributed by atoms with van der Waals surface area (Å²) in [5.74, 6) is 1.41. The quantitative estimate of drug-likeness (QED) is 0.650. The van der Waals surface area contributed by atoms with E-state index in [2.05, 4.69) is 64.5 Å². The van der Waals surface area contributed by atoms with Gasteiger partial charge in [0.1, 0.15) is 6.17 Å². The number of aromatic amines is 1. The Hall–Kier alpha value is -2.83. The Morgan fingerprint density at radius 3 is 2.50 bits per heavy atom. The third kappa shape index (κ3) is 2.77. The van der Waals surface area contributed by atoms with E-state index in [-0.39, 0.29) is 12.2 Å². The Kier molecular flexibility index (Phi) is 4.10. The first-order valence-electron chi connectivity index (χ1n) is 9.92. The van der Waals surface area contributed by atoms with Gasteiger partial charge in [-0.3, -0.25) is 10.8 Å². The van der Waals surface area contributed by atoms with E-state index >= 15 is 0 Å². The standard InChI is InChI=1S/C22H26N6/c1-14(15-7-3-2-4-8-15)27-19-10-6-5-9-17(19)21(23)28(22(27)24)20-13-18(25-26-20)16-11-12-16/h2-10,13-14,16,21-22H,11-12,23-24H2,1H3,(H,25,26)/t14-,21?,22?/m0/s1. The number of hydrogen-bond donors (Lipinski definition) is 3. The number of nitrogens with two attached hydrogens (primary N) is 2. The summed E-state index contributed by atoms with van der Waals surface area (Å²) in [4.78, 5) is 4.25. The smallest absolute Gasteiger partial charge is 0.158 e. The molecule has 3 aromatic rings. The summed E-state index contributed by atoms with van der Waals surface area (Å²) >= 11 is 0. The molecular formula is C22H26N6. The lowest BCUT2D eigenvalue weighted by atomic mass is 10.00. The summed E-state index contributed by atoms with van der Waals surface area (Å²) in [5.41, 5.74) is 18.0. The fourth-order valence-electron chi connectivity index (χ4n) is 4.23. The molecule has 1 aromatic heterocycles. The third-order valence-corrected chi connectivity index (χ3v) is 5.97. The van der Waals surface area contributed by atoms with Crippen LogP contribution in [-0.2, 0) is 0 Å². The molecule has 1 aliphatic heterocycles. The molecule has 5 rings (SSSR count). The van der Waals surface area contributed by atoms with Crippen molar-refractivity contribution in [3.63, 3.8) is 0 Å². The van der Waals surface area contributed by atoms with Crippen molar-refractivity contribution in [2.75, 3.05) is 9.80 Å². The number of benzene rings is 2. The van der Waals surface area contributed by atoms with Gasteiger partial charge in [-0.05, 0) is 31.4 Å². The molecule has 1 aliphatic carbocycles. The number of H-pyrrole nitrogens is 1. The van der Waals surface area contributed by atoms with Crippen LogP contribution in [-0.4, -0.2) is 16.5 Å². The Morgan fingerprint density at radius 1 is 1.04 bits per heavy atom. The van der Waals surface area contributed by atoms with Gasteiger partial charge in [0.2, 0.25) is 0 Å². The summed E-state index contributed by atoms with van der Waals surface area (Å²) in [5, 5.41) is 7.74. The number of fused-ring (bicyclic) bond motifs is 1. The summed E-state index contributed by atoms with van der Waals surface area (Å²) in [6.45, 7) is 2.18. The summed E-state index contributed by atoms with van der Waals surface area (Å²) in [6, 6.07) is 20.9. The molecule has 1 saturated carbocycles. The third-order valence-electron chi connectivity index (χ3n) is 5.97. The highest BCUT2D eigenvalue weighted by molar-refractivity contribution is 5.64. The second-order valence-corrected chi connectivity index (χ2v) is 7.77. The number of nitrogens with one attached hydrogen (secondary N) is 1. The SMILES string of the molecule is C[C@@H](c1ccccc1)N1c2ccccc2C(N)N(c2cc(C3CC3)[nH]n2)C1N. The molecule has 0 radical (unpaired) electrons. The van der Waals surface area contributed by atoms with E-state index in [9.17, 15) is 0 Å². The first kappa shape index (κ1) is 17.3. The lowest BCUT2D eigenvalue weighted by molar-refractivity contribution is 0.445. The molecule has 2 unspecified atom stereocenters. The molecule has 2 heterocycles. The molecule has 6 nitrogen and oxygen atoms in total. The Labute approximate surface area is 165 Å². The Bertz CT molecular complexity index is 964. The molecule has 3 atom stereocenters. The van der Waals surface area contributed by atoms with Crippen molar-refractivity contribution in [2.45, 2.75) is 44.2 Å². The van der Waals surface area contributed by atoms with Crippen molar-refractivity contribution in [1.29, 1.82) is 0 Å². The first-order valence-corrected chi connectivity index (χ1v) is 9.92. The van der Waals surface area contributed by atoms with E-state index in [1.54, 1.807) is 0 Å². The molecule has 0 spiro atoms. The predicted octanol–water partition coefficient (Wildman–Crippen LogP) is 3.57. The van der Waals surface area contributed by atoms with Crippen LogP contribution in [0.2, 0.25) is 0 Å². The zero-order valence-electron chi connectivity index (χ0n) is 16.0. The van der Waals surface area contributed by atoms with Crippen molar-refractivity contribution in [1.82, 2.24) is 10.2 Å². The normalized spacial score (nSPS) is 22.8. The molecule has 2 aliphatic rings. The number of aromatic nitrogens is 2. The molecule has 5 N–H and O–H groups in total. The first-order chi connectivity index (χ1) is 13.6. The van der Waals surface area contributed by atoms with Gasteiger partial charge in [-0.15, -0.1) is 0 Å². The van der Waals surface area contributed by atoms with Gasteiger partial charge in [0.25, 0.3) is 0 Å². The van der Waals surface area contributed by atoms with Gasteiger partial charge in [0.15, 0.2) is 12.1 Å². The molecule has 144 valence electrons. The maximum absolute atomic E-state index is 6.82. The maximum Gasteiger partial charge on any atom is 0.158 e. The minimum Gasteiger partial charge on any atom is -0.332 e. The van der Waals surface area contributed by atoms with E-state index in [1.807, 2.05) is 23.1 Å². The molecule has 2 aromatic carbocycles. The van der Waals surface area contributed by atoms with Crippen molar-refractivity contribution < 1.29 is 0 Å². The van der Waals surface area contributed by atoms with Crippen LogP contribution in [0.5, 0.6) is 0 Å². The summed E-state index contributed by atoms with van der Waals surface area (Å²) in [6.07, 6.45) is 1.68. The fourth-order valence-corrected chi connectivity index (χ4v) is 4.23. The van der Waals surface area contributed by atoms with E-state index in [0.717, 1.165) is 17.1 Å². The molecular weight excluding hydrogens is 348 g/mol. The van der Waals surface area contributed by atoms with Crippen LogP contribution in [0.3, 0.4) is 0 Å². The van der Waals surface area contributed by atoms with Gasteiger partial charge in [0.05, 0.1) is 6.04 Å². The van der Waals surface area contributed by atoms with Crippen LogP contribution < -0.4 is 21.3 Å². The highest BCUT2D eigenvalue weighted by atomic mass is 15.5. The number of hydrogen-bond acceptors (Lipinski definition) is 5. The van der Waals surface area contributed by atoms with Gasteiger partial charge in [-0.25, -0.2) is 0 Å². The van der Waals surface area contributed by atoms with Gasteiger partial charge in [0, 0.05) is 28.9 Å². The zero-order chi connectivity index (χ0) is 19.3. The highest BCUT2D eigenvalue weighted by Gasteiger charge is 2.39. The lowest BCUT2D eigenvalue weighted by Gasteiger charge is -2.49. The summed E-state index contributed by atoms with van der Waals surface area (Å²) in [7, 11) is 0. The van der Waals surface area contributed by atoms with E-state index in [4.69, 9.17) is 11.5 Å². The zero-order valence-corrected chi connectivity index (χ0v) is 16.0. The van der Waals surface area contributed by atoms with Crippen LogP contribution in [0.15, 0.2) is 60.7 Å². The average molecular weight is 374 g/mol. The van der Waals surface area contributed by atoms with Crippen LogP contribution in [0, 0.1) is 0 Å². The van der Waals surface area contributed by atoms with Gasteiger partial charge in [-0.2, -0.15) is 5.10 Å². The van der Waals surface area contributed by atoms with Gasteiger partial charge < -0.3 is 15.5 Å². The Morgan fingerprint density at radius 2 is 1.75 bits per heavy atom. The lowest BCUT2D eigenvalue weighted by Crippen LogP contribution is -2.61. The molecule has 0 amide bonds. The number of nitrogens with zero attached hydrogens (tertiary/aromatic N) is 3. The van der Waals surface area contributed by atoms with Crippen LogP contribution in [0.25, 0.3) is 0 Å². The molecule has 0 bridgehead atoms. The summed E-state index contributed by atoms with van der Waals surface area (Å²) < 4.78 is 0. The second-order valence-electron chi connectivity index (χ2n) is 7.77. The highest BCUT2D eigenvalue weighted by Crippen LogP contribution is 2.43. The topological polar surface area (TPSA) is 87.2 Å². The fraction of sp³-hybridized carbons (Fsp3) is 0.318. The molecule has 6 heteroatoms. The van der Waals surface area contributed by atoms with E-state index in [1.165, 1.54) is 24.1 Å². The number of rotatable bonds is 4. The maximum atomic E-state index is 6.82. The number of anilines is 2. The second kappa shape index (κ2) is 6.65. The minimum atomic E-state index is -0.421. The van der Waals surface area contributed by atoms with Gasteiger partial charge >= 0.3 is 0 Å². The Balaban J connectivity index is 1.58. The number of para-hydroxylation sites is 1. The monoisotopic (exact) mass is 374 g/mol. The molecule has 1 fully saturated rings. The van der Waals surface area contributed by atoms with Crippen LogP contribution in [0.1, 0.15) is 54.7 Å². The van der Waals surface area contributed by atoms with Crippen molar-refractivity contribution >= 4 is 11.5 Å². The van der Waals surface area contributed by atoms with Gasteiger partial charge in [-0.1, -0.05) is 48.5 Å². The van der Waals surface area contributed by atoms with Crippen molar-refractivity contribution in [3.8, 4) is 0 Å². The minimum absolute atomic E-state index is 0.0918. The van der Waals surface area contributed by atoms with Crippen LogP contribution >= 0.6 is 0 Å². The predicted molar refractivity (Wildman–Crippen MR) is 112 cm³/mol. The largest absolute Gasteiger partial charge is 0.332 e. The molecule has 0 saturated heterocycles. The van der Waals surface area contributed by atoms with Crippen molar-refractivity contribution in [3.05, 3.63) is 77.5 Å². The van der Waals surface area contributed by atoms with E-state index < -0.39 is 6.29 Å². The average Bonchev–Trinajstić information content (AvgIpc) is 3.47. The van der Waals surface area contributed by atoms with Crippen molar-refractivity contribution in [2.24, 2.45) is 11.5 Å². The molecule has 28 heavy (non-hydrogen) atoms. The van der Waals surface area contributed by atoms with Crippen LogP contribution in [0.4, 0.5) is 11.5 Å². The van der Waals surface area contributed by atoms with E-state index in [0.29, 0.717) is 5.92 Å².